The van der Waals surface area contributed by atoms with Gasteiger partial charge in [0.25, 0.3) is 10.1 Å². The van der Waals surface area contributed by atoms with E-state index < -0.39 is 10.1 Å². The molecule has 0 amide bonds. The molecule has 0 saturated carbocycles. The fraction of sp³-hybridized carbons (Fsp3) is 0.467. The fourth-order valence-corrected chi connectivity index (χ4v) is 2.35. The van der Waals surface area contributed by atoms with Crippen LogP contribution in [-0.2, 0) is 10.1 Å². The Bertz CT molecular complexity index is 553. The molecule has 0 spiro atoms. The summed E-state index contributed by atoms with van der Waals surface area (Å²) >= 11 is 0. The van der Waals surface area contributed by atoms with Crippen molar-refractivity contribution in [2.75, 3.05) is 12.3 Å². The van der Waals surface area contributed by atoms with Crippen LogP contribution in [0.3, 0.4) is 0 Å². The Morgan fingerprint density at radius 1 is 1.29 bits per heavy atom. The highest BCUT2D eigenvalue weighted by atomic mass is 32.2. The van der Waals surface area contributed by atoms with Gasteiger partial charge in [0.05, 0.1) is 5.75 Å². The van der Waals surface area contributed by atoms with Gasteiger partial charge in [0.15, 0.2) is 0 Å². The summed E-state index contributed by atoms with van der Waals surface area (Å²) in [6.07, 6.45) is 4.23. The van der Waals surface area contributed by atoms with E-state index >= 15 is 0 Å². The van der Waals surface area contributed by atoms with E-state index in [9.17, 15) is 12.8 Å². The molecule has 1 aromatic rings. The Hall–Kier alpha value is -1.24. The number of benzene rings is 1. The van der Waals surface area contributed by atoms with Gasteiger partial charge in [-0.05, 0) is 36.6 Å². The molecule has 0 unspecified atom stereocenters. The van der Waals surface area contributed by atoms with Gasteiger partial charge < -0.3 is 5.32 Å². The quantitative estimate of drug-likeness (QED) is 0.572. The number of hydrogen-bond donors (Lipinski definition) is 2. The first kappa shape index (κ1) is 17.8. The van der Waals surface area contributed by atoms with Crippen molar-refractivity contribution in [1.29, 1.82) is 0 Å². The molecule has 0 aliphatic heterocycles. The van der Waals surface area contributed by atoms with Gasteiger partial charge >= 0.3 is 0 Å². The highest BCUT2D eigenvalue weighted by Gasteiger charge is 2.10. The molecule has 118 valence electrons. The summed E-state index contributed by atoms with van der Waals surface area (Å²) in [7, 11) is -3.90. The lowest BCUT2D eigenvalue weighted by Crippen LogP contribution is -2.33. The molecule has 0 heterocycles. The smallest absolute Gasteiger partial charge is 0.264 e. The average molecular weight is 315 g/mol. The zero-order chi connectivity index (χ0) is 15.9. The molecular formula is C15H22FNO3S. The first-order chi connectivity index (χ1) is 9.78. The Balaban J connectivity index is 2.51. The van der Waals surface area contributed by atoms with E-state index in [-0.39, 0.29) is 17.6 Å². The van der Waals surface area contributed by atoms with Gasteiger partial charge in [-0.3, -0.25) is 4.55 Å². The van der Waals surface area contributed by atoms with Crippen LogP contribution in [0.4, 0.5) is 4.39 Å². The molecule has 0 radical (unpaired) electrons. The van der Waals surface area contributed by atoms with Gasteiger partial charge in [-0.2, -0.15) is 8.42 Å². The van der Waals surface area contributed by atoms with Crippen molar-refractivity contribution in [3.8, 4) is 0 Å². The normalized spacial score (nSPS) is 14.0. The number of rotatable bonds is 8. The molecule has 1 rings (SSSR count). The highest BCUT2D eigenvalue weighted by Crippen LogP contribution is 2.09. The third-order valence-electron chi connectivity index (χ3n) is 3.04. The molecule has 0 aromatic heterocycles. The van der Waals surface area contributed by atoms with Gasteiger partial charge in [0, 0.05) is 6.04 Å². The van der Waals surface area contributed by atoms with Crippen LogP contribution in [0.5, 0.6) is 0 Å². The van der Waals surface area contributed by atoms with Gasteiger partial charge in [0.2, 0.25) is 0 Å². The first-order valence-electron chi connectivity index (χ1n) is 6.90. The van der Waals surface area contributed by atoms with Crippen LogP contribution in [0.2, 0.25) is 0 Å². The second-order valence-corrected chi connectivity index (χ2v) is 6.85. The highest BCUT2D eigenvalue weighted by molar-refractivity contribution is 7.85. The maximum Gasteiger partial charge on any atom is 0.264 e. The van der Waals surface area contributed by atoms with Crippen molar-refractivity contribution in [2.45, 2.75) is 26.3 Å². The molecule has 21 heavy (non-hydrogen) atoms. The average Bonchev–Trinajstić information content (AvgIpc) is 2.38. The summed E-state index contributed by atoms with van der Waals surface area (Å²) < 4.78 is 42.7. The van der Waals surface area contributed by atoms with Crippen LogP contribution in [0.15, 0.2) is 30.3 Å². The Morgan fingerprint density at radius 3 is 2.43 bits per heavy atom. The van der Waals surface area contributed by atoms with Crippen molar-refractivity contribution >= 4 is 16.2 Å². The molecule has 6 heteroatoms. The molecule has 0 aliphatic rings. The second-order valence-electron chi connectivity index (χ2n) is 5.27. The lowest BCUT2D eigenvalue weighted by molar-refractivity contribution is 0.456. The Morgan fingerprint density at radius 2 is 1.90 bits per heavy atom. The molecule has 0 aliphatic carbocycles. The largest absolute Gasteiger partial charge is 0.310 e. The van der Waals surface area contributed by atoms with E-state index in [2.05, 4.69) is 19.2 Å². The standard InChI is InChI=1S/C15H22FNO3S/c1-12(2)15(17-10-3-11-21(18,19)20)9-6-13-4-7-14(16)8-5-13/h4-9,12,15,17H,3,10-11H2,1-2H3,(H,18,19,20)/t15-/m0/s1. The first-order valence-corrected chi connectivity index (χ1v) is 8.51. The summed E-state index contributed by atoms with van der Waals surface area (Å²) in [4.78, 5) is 0. The minimum absolute atomic E-state index is 0.0800. The number of hydrogen-bond acceptors (Lipinski definition) is 3. The van der Waals surface area contributed by atoms with E-state index in [0.29, 0.717) is 18.9 Å². The molecule has 1 aromatic carbocycles. The molecule has 0 bridgehead atoms. The van der Waals surface area contributed by atoms with Crippen LogP contribution in [0, 0.1) is 11.7 Å². The Kier molecular flexibility index (Phi) is 7.01. The SMILES string of the molecule is CC(C)[C@H](C=Cc1ccc(F)cc1)NCCCS(=O)(=O)O. The zero-order valence-corrected chi connectivity index (χ0v) is 13.1. The molecule has 1 atom stereocenters. The summed E-state index contributed by atoms with van der Waals surface area (Å²) in [5.74, 6) is -0.185. The van der Waals surface area contributed by atoms with Crippen molar-refractivity contribution in [3.63, 3.8) is 0 Å². The minimum atomic E-state index is -3.90. The number of halogens is 1. The summed E-state index contributed by atoms with van der Waals surface area (Å²) in [5.41, 5.74) is 0.904. The maximum absolute atomic E-state index is 12.8. The van der Waals surface area contributed by atoms with E-state index in [1.807, 2.05) is 12.2 Å². The monoisotopic (exact) mass is 315 g/mol. The molecule has 0 saturated heterocycles. The lowest BCUT2D eigenvalue weighted by atomic mass is 10.0. The topological polar surface area (TPSA) is 66.4 Å². The van der Waals surface area contributed by atoms with Crippen molar-refractivity contribution in [2.24, 2.45) is 5.92 Å². The third-order valence-corrected chi connectivity index (χ3v) is 3.85. The van der Waals surface area contributed by atoms with Crippen LogP contribution in [0.25, 0.3) is 6.08 Å². The van der Waals surface area contributed by atoms with Crippen molar-refractivity contribution in [1.82, 2.24) is 5.32 Å². The predicted octanol–water partition coefficient (Wildman–Crippen LogP) is 2.73. The van der Waals surface area contributed by atoms with Crippen LogP contribution < -0.4 is 5.32 Å². The molecule has 4 nitrogen and oxygen atoms in total. The number of nitrogens with one attached hydrogen (secondary N) is 1. The van der Waals surface area contributed by atoms with E-state index in [4.69, 9.17) is 4.55 Å². The van der Waals surface area contributed by atoms with E-state index in [0.717, 1.165) is 5.56 Å². The predicted molar refractivity (Wildman–Crippen MR) is 83.1 cm³/mol. The third kappa shape index (κ3) is 7.94. The van der Waals surface area contributed by atoms with Gasteiger partial charge in [0.1, 0.15) is 5.82 Å². The lowest BCUT2D eigenvalue weighted by Gasteiger charge is -2.18. The van der Waals surface area contributed by atoms with Gasteiger partial charge in [-0.25, -0.2) is 4.39 Å². The van der Waals surface area contributed by atoms with E-state index in [1.165, 1.54) is 12.1 Å². The second kappa shape index (κ2) is 8.26. The maximum atomic E-state index is 12.8. The van der Waals surface area contributed by atoms with Crippen LogP contribution in [0.1, 0.15) is 25.8 Å². The summed E-state index contributed by atoms with van der Waals surface area (Å²) in [5, 5.41) is 3.24. The van der Waals surface area contributed by atoms with Crippen molar-refractivity contribution in [3.05, 3.63) is 41.7 Å². The van der Waals surface area contributed by atoms with Crippen LogP contribution in [-0.4, -0.2) is 31.3 Å². The van der Waals surface area contributed by atoms with E-state index in [1.54, 1.807) is 12.1 Å². The van der Waals surface area contributed by atoms with Crippen LogP contribution >= 0.6 is 0 Å². The van der Waals surface area contributed by atoms with Gasteiger partial charge in [-0.1, -0.05) is 38.1 Å². The molecule has 0 fully saturated rings. The van der Waals surface area contributed by atoms with Crippen molar-refractivity contribution < 1.29 is 17.4 Å². The minimum Gasteiger partial charge on any atom is -0.310 e. The Labute approximate surface area is 125 Å². The summed E-state index contributed by atoms with van der Waals surface area (Å²) in [6, 6.07) is 6.28. The van der Waals surface area contributed by atoms with Gasteiger partial charge in [-0.15, -0.1) is 0 Å². The zero-order valence-electron chi connectivity index (χ0n) is 12.3. The fourth-order valence-electron chi connectivity index (χ4n) is 1.84. The molecular weight excluding hydrogens is 293 g/mol. The molecule has 2 N–H and O–H groups in total. The summed E-state index contributed by atoms with van der Waals surface area (Å²) in [6.45, 7) is 4.60.